The molecule has 0 atom stereocenters. The van der Waals surface area contributed by atoms with Crippen LogP contribution < -0.4 is 11.4 Å². The zero-order chi connectivity index (χ0) is 13.0. The van der Waals surface area contributed by atoms with Crippen LogP contribution >= 0.6 is 0 Å². The molecule has 0 amide bonds. The molecule has 1 aromatic carbocycles. The van der Waals surface area contributed by atoms with E-state index in [2.05, 4.69) is 9.97 Å². The van der Waals surface area contributed by atoms with E-state index in [0.717, 1.165) is 11.8 Å². The summed E-state index contributed by atoms with van der Waals surface area (Å²) >= 11 is 0. The molecule has 6 heteroatoms. The largest absolute Gasteiger partial charge is 0.457 e. The molecule has 1 aromatic heterocycles. The number of esters is 1. The molecule has 0 saturated heterocycles. The highest BCUT2D eigenvalue weighted by atomic mass is 16.5. The molecule has 0 radical (unpaired) electrons. The van der Waals surface area contributed by atoms with E-state index in [1.54, 1.807) is 0 Å². The summed E-state index contributed by atoms with van der Waals surface area (Å²) in [6, 6.07) is 9.23. The number of aromatic amines is 1. The van der Waals surface area contributed by atoms with E-state index in [0.29, 0.717) is 0 Å². The Bertz CT molecular complexity index is 607. The Hall–Kier alpha value is -2.63. The average Bonchev–Trinajstić information content (AvgIpc) is 2.37. The van der Waals surface area contributed by atoms with Crippen LogP contribution in [0.25, 0.3) is 0 Å². The first-order valence-corrected chi connectivity index (χ1v) is 5.22. The van der Waals surface area contributed by atoms with Crippen molar-refractivity contribution in [3.63, 3.8) is 0 Å². The molecule has 18 heavy (non-hydrogen) atoms. The lowest BCUT2D eigenvalue weighted by Gasteiger charge is -2.05. The first-order chi connectivity index (χ1) is 8.66. The van der Waals surface area contributed by atoms with Gasteiger partial charge in [0.05, 0.1) is 6.20 Å². The highest BCUT2D eigenvalue weighted by Gasteiger charge is 2.12. The minimum atomic E-state index is -0.625. The van der Waals surface area contributed by atoms with Crippen molar-refractivity contribution >= 4 is 11.8 Å². The SMILES string of the molecule is Nc1[nH]c(=O)ncc1C(=O)OCc1ccccc1. The van der Waals surface area contributed by atoms with Gasteiger partial charge in [-0.15, -0.1) is 0 Å². The fourth-order valence-corrected chi connectivity index (χ4v) is 1.37. The number of anilines is 1. The lowest BCUT2D eigenvalue weighted by atomic mass is 10.2. The number of nitrogens with one attached hydrogen (secondary N) is 1. The molecule has 92 valence electrons. The van der Waals surface area contributed by atoms with Gasteiger partial charge < -0.3 is 10.5 Å². The van der Waals surface area contributed by atoms with Crippen LogP contribution in [-0.2, 0) is 11.3 Å². The molecule has 1 heterocycles. The van der Waals surface area contributed by atoms with Gasteiger partial charge in [-0.05, 0) is 5.56 Å². The summed E-state index contributed by atoms with van der Waals surface area (Å²) in [5, 5.41) is 0. The number of H-pyrrole nitrogens is 1. The number of nitrogen functional groups attached to an aromatic ring is 1. The first-order valence-electron chi connectivity index (χ1n) is 5.22. The minimum absolute atomic E-state index is 0.0468. The summed E-state index contributed by atoms with van der Waals surface area (Å²) in [6.07, 6.45) is 1.10. The zero-order valence-corrected chi connectivity index (χ0v) is 9.42. The number of hydrogen-bond donors (Lipinski definition) is 2. The molecule has 3 N–H and O–H groups in total. The number of nitrogens with zero attached hydrogens (tertiary/aromatic N) is 1. The molecule has 0 spiro atoms. The second-order valence-corrected chi connectivity index (χ2v) is 3.58. The van der Waals surface area contributed by atoms with E-state index >= 15 is 0 Å². The zero-order valence-electron chi connectivity index (χ0n) is 9.42. The number of carbonyl (C=O) groups is 1. The number of carbonyl (C=O) groups excluding carboxylic acids is 1. The van der Waals surface area contributed by atoms with E-state index in [9.17, 15) is 9.59 Å². The monoisotopic (exact) mass is 245 g/mol. The van der Waals surface area contributed by atoms with Crippen LogP contribution in [0.1, 0.15) is 15.9 Å². The summed E-state index contributed by atoms with van der Waals surface area (Å²) in [5.74, 6) is -0.673. The van der Waals surface area contributed by atoms with Gasteiger partial charge in [0.15, 0.2) is 0 Å². The maximum atomic E-state index is 11.7. The van der Waals surface area contributed by atoms with Crippen LogP contribution in [0, 0.1) is 0 Å². The number of ether oxygens (including phenoxy) is 1. The van der Waals surface area contributed by atoms with E-state index < -0.39 is 11.7 Å². The third-order valence-corrected chi connectivity index (χ3v) is 2.28. The van der Waals surface area contributed by atoms with Gasteiger partial charge in [0.25, 0.3) is 0 Å². The quantitative estimate of drug-likeness (QED) is 0.776. The maximum Gasteiger partial charge on any atom is 0.346 e. The predicted molar refractivity (Wildman–Crippen MR) is 64.8 cm³/mol. The Morgan fingerprint density at radius 3 is 2.72 bits per heavy atom. The fourth-order valence-electron chi connectivity index (χ4n) is 1.37. The van der Waals surface area contributed by atoms with Gasteiger partial charge in [0.2, 0.25) is 0 Å². The maximum absolute atomic E-state index is 11.7. The Morgan fingerprint density at radius 2 is 2.06 bits per heavy atom. The third kappa shape index (κ3) is 2.73. The van der Waals surface area contributed by atoms with Gasteiger partial charge in [-0.2, -0.15) is 0 Å². The second-order valence-electron chi connectivity index (χ2n) is 3.58. The fraction of sp³-hybridized carbons (Fsp3) is 0.0833. The molecular weight excluding hydrogens is 234 g/mol. The van der Waals surface area contributed by atoms with Crippen molar-refractivity contribution in [1.29, 1.82) is 0 Å². The highest BCUT2D eigenvalue weighted by Crippen LogP contribution is 2.08. The molecule has 0 fully saturated rings. The molecule has 0 aliphatic heterocycles. The van der Waals surface area contributed by atoms with Crippen molar-refractivity contribution in [3.8, 4) is 0 Å². The molecular formula is C12H11N3O3. The smallest absolute Gasteiger partial charge is 0.346 e. The lowest BCUT2D eigenvalue weighted by Crippen LogP contribution is -2.17. The van der Waals surface area contributed by atoms with Gasteiger partial charge >= 0.3 is 11.7 Å². The number of nitrogens with two attached hydrogens (primary N) is 1. The van der Waals surface area contributed by atoms with Crippen molar-refractivity contribution in [2.24, 2.45) is 0 Å². The van der Waals surface area contributed by atoms with Crippen molar-refractivity contribution in [2.45, 2.75) is 6.61 Å². The summed E-state index contributed by atoms with van der Waals surface area (Å²) in [4.78, 5) is 28.2. The van der Waals surface area contributed by atoms with Gasteiger partial charge in [-0.25, -0.2) is 14.6 Å². The van der Waals surface area contributed by atoms with Crippen LogP contribution in [-0.4, -0.2) is 15.9 Å². The van der Waals surface area contributed by atoms with Gasteiger partial charge in [-0.1, -0.05) is 30.3 Å². The van der Waals surface area contributed by atoms with E-state index in [-0.39, 0.29) is 18.0 Å². The molecule has 0 saturated carbocycles. The summed E-state index contributed by atoms with van der Waals surface area (Å²) in [7, 11) is 0. The molecule has 0 bridgehead atoms. The van der Waals surface area contributed by atoms with Gasteiger partial charge in [0.1, 0.15) is 18.0 Å². The normalized spacial score (nSPS) is 10.0. The van der Waals surface area contributed by atoms with E-state index in [4.69, 9.17) is 10.5 Å². The van der Waals surface area contributed by atoms with Crippen molar-refractivity contribution in [2.75, 3.05) is 5.73 Å². The number of aromatic nitrogens is 2. The Kier molecular flexibility index (Phi) is 3.38. The topological polar surface area (TPSA) is 98.1 Å². The predicted octanol–water partition coefficient (Wildman–Crippen LogP) is 0.709. The van der Waals surface area contributed by atoms with Gasteiger partial charge in [-0.3, -0.25) is 4.98 Å². The second kappa shape index (κ2) is 5.13. The first kappa shape index (κ1) is 11.8. The Morgan fingerprint density at radius 1 is 1.33 bits per heavy atom. The number of rotatable bonds is 3. The van der Waals surface area contributed by atoms with Crippen LogP contribution in [0.3, 0.4) is 0 Å². The minimum Gasteiger partial charge on any atom is -0.457 e. The standard InChI is InChI=1S/C12H11N3O3/c13-10-9(6-14-12(17)15-10)11(16)18-7-8-4-2-1-3-5-8/h1-6H,7H2,(H3,13,14,15,17). The van der Waals surface area contributed by atoms with E-state index in [1.807, 2.05) is 30.3 Å². The third-order valence-electron chi connectivity index (χ3n) is 2.28. The van der Waals surface area contributed by atoms with Crippen LogP contribution in [0.2, 0.25) is 0 Å². The molecule has 0 unspecified atom stereocenters. The molecule has 6 nitrogen and oxygen atoms in total. The number of benzene rings is 1. The van der Waals surface area contributed by atoms with Crippen molar-refractivity contribution < 1.29 is 9.53 Å². The molecule has 2 rings (SSSR count). The van der Waals surface area contributed by atoms with Crippen LogP contribution in [0.5, 0.6) is 0 Å². The van der Waals surface area contributed by atoms with Crippen LogP contribution in [0.4, 0.5) is 5.82 Å². The Balaban J connectivity index is 2.06. The summed E-state index contributed by atoms with van der Waals surface area (Å²) in [6.45, 7) is 0.137. The summed E-state index contributed by atoms with van der Waals surface area (Å²) < 4.78 is 5.05. The lowest BCUT2D eigenvalue weighted by molar-refractivity contribution is 0.0473. The molecule has 2 aromatic rings. The molecule has 0 aliphatic carbocycles. The van der Waals surface area contributed by atoms with Crippen LogP contribution in [0.15, 0.2) is 41.3 Å². The average molecular weight is 245 g/mol. The Labute approximate surface area is 102 Å². The highest BCUT2D eigenvalue weighted by molar-refractivity contribution is 5.93. The summed E-state index contributed by atoms with van der Waals surface area (Å²) in [5.41, 5.74) is 5.80. The van der Waals surface area contributed by atoms with Crippen molar-refractivity contribution in [1.82, 2.24) is 9.97 Å². The van der Waals surface area contributed by atoms with Crippen molar-refractivity contribution in [3.05, 3.63) is 58.1 Å². The van der Waals surface area contributed by atoms with E-state index in [1.165, 1.54) is 0 Å². The van der Waals surface area contributed by atoms with Gasteiger partial charge in [0, 0.05) is 0 Å². The number of hydrogen-bond acceptors (Lipinski definition) is 5. The molecule has 0 aliphatic rings.